The number of nitrogens with one attached hydrogen (secondary N) is 1. The van der Waals surface area contributed by atoms with Crippen molar-refractivity contribution in [1.29, 1.82) is 0 Å². The van der Waals surface area contributed by atoms with Crippen molar-refractivity contribution in [2.45, 2.75) is 25.7 Å². The van der Waals surface area contributed by atoms with Crippen molar-refractivity contribution in [2.75, 3.05) is 19.7 Å². The van der Waals surface area contributed by atoms with Crippen LogP contribution in [0.15, 0.2) is 47.1 Å². The predicted octanol–water partition coefficient (Wildman–Crippen LogP) is 0.798. The Kier molecular flexibility index (Phi) is 4.70. The summed E-state index contributed by atoms with van der Waals surface area (Å²) in [6, 6.07) is 12.3. The Balaban J connectivity index is 1.42. The molecule has 4 heteroatoms. The highest BCUT2D eigenvalue weighted by Crippen LogP contribution is 2.10. The molecule has 0 fully saturated rings. The lowest BCUT2D eigenvalue weighted by Gasteiger charge is -2.27. The third-order valence-corrected chi connectivity index (χ3v) is 3.97. The fourth-order valence-electron chi connectivity index (χ4n) is 2.90. The lowest BCUT2D eigenvalue weighted by atomic mass is 10.00. The lowest BCUT2D eigenvalue weighted by molar-refractivity contribution is -0.919. The van der Waals surface area contributed by atoms with E-state index in [1.165, 1.54) is 16.0 Å². The first-order chi connectivity index (χ1) is 10.3. The van der Waals surface area contributed by atoms with Crippen LogP contribution < -0.4 is 4.90 Å². The zero-order chi connectivity index (χ0) is 14.5. The number of rotatable bonds is 6. The molecule has 2 atom stereocenters. The van der Waals surface area contributed by atoms with Gasteiger partial charge in [0.2, 0.25) is 0 Å². The number of hydrogen-bond acceptors (Lipinski definition) is 3. The van der Waals surface area contributed by atoms with Gasteiger partial charge in [0, 0.05) is 12.0 Å². The third-order valence-electron chi connectivity index (χ3n) is 3.97. The number of aliphatic hydroxyl groups excluding tert-OH is 1. The summed E-state index contributed by atoms with van der Waals surface area (Å²) in [5.74, 6) is 0.793. The van der Waals surface area contributed by atoms with E-state index in [0.717, 1.165) is 31.8 Å². The lowest BCUT2D eigenvalue weighted by Crippen LogP contribution is -3.12. The van der Waals surface area contributed by atoms with Crippen molar-refractivity contribution >= 4 is 0 Å². The highest BCUT2D eigenvalue weighted by atomic mass is 16.5. The summed E-state index contributed by atoms with van der Waals surface area (Å²) in [6.45, 7) is 3.57. The number of benzene rings is 1. The van der Waals surface area contributed by atoms with Gasteiger partial charge in [0.15, 0.2) is 0 Å². The molecule has 1 aromatic heterocycles. The Labute approximate surface area is 124 Å². The number of hydrogen-bond donors (Lipinski definition) is 2. The Morgan fingerprint density at radius 3 is 2.86 bits per heavy atom. The first-order valence-corrected chi connectivity index (χ1v) is 7.50. The van der Waals surface area contributed by atoms with Crippen LogP contribution in [0.4, 0.5) is 0 Å². The smallest absolute Gasteiger partial charge is 0.129 e. The number of aliphatic hydroxyl groups is 1. The number of ether oxygens (including phenoxy) is 1. The highest BCUT2D eigenvalue weighted by Gasteiger charge is 2.21. The Morgan fingerprint density at radius 2 is 2.05 bits per heavy atom. The van der Waals surface area contributed by atoms with Gasteiger partial charge in [-0.1, -0.05) is 24.3 Å². The van der Waals surface area contributed by atoms with Crippen LogP contribution in [-0.4, -0.2) is 30.9 Å². The van der Waals surface area contributed by atoms with E-state index in [0.29, 0.717) is 13.2 Å². The fourth-order valence-corrected chi connectivity index (χ4v) is 2.90. The Bertz CT molecular complexity index is 553. The van der Waals surface area contributed by atoms with E-state index < -0.39 is 6.10 Å². The van der Waals surface area contributed by atoms with E-state index in [1.807, 2.05) is 12.1 Å². The van der Waals surface area contributed by atoms with Gasteiger partial charge in [-0.15, -0.1) is 0 Å². The van der Waals surface area contributed by atoms with Gasteiger partial charge in [-0.2, -0.15) is 0 Å². The maximum absolute atomic E-state index is 10.1. The van der Waals surface area contributed by atoms with Gasteiger partial charge in [0.05, 0.1) is 19.4 Å². The molecular weight excluding hydrogens is 266 g/mol. The van der Waals surface area contributed by atoms with Crippen molar-refractivity contribution in [3.8, 4) is 0 Å². The monoisotopic (exact) mass is 288 g/mol. The van der Waals surface area contributed by atoms with Crippen molar-refractivity contribution in [2.24, 2.45) is 0 Å². The van der Waals surface area contributed by atoms with Crippen LogP contribution in [0.2, 0.25) is 0 Å². The van der Waals surface area contributed by atoms with E-state index in [2.05, 4.69) is 24.3 Å². The Hall–Kier alpha value is -1.62. The molecule has 1 aliphatic heterocycles. The van der Waals surface area contributed by atoms with Crippen molar-refractivity contribution in [1.82, 2.24) is 0 Å². The van der Waals surface area contributed by atoms with Gasteiger partial charge in [-0.05, 0) is 17.7 Å². The van der Waals surface area contributed by atoms with Crippen LogP contribution >= 0.6 is 0 Å². The minimum Gasteiger partial charge on any atom is -0.467 e. The molecule has 1 unspecified atom stereocenters. The first kappa shape index (κ1) is 14.3. The average Bonchev–Trinajstić information content (AvgIpc) is 3.00. The number of fused-ring (bicyclic) bond motifs is 1. The highest BCUT2D eigenvalue weighted by molar-refractivity contribution is 5.27. The summed E-state index contributed by atoms with van der Waals surface area (Å²) in [5, 5.41) is 10.1. The van der Waals surface area contributed by atoms with Gasteiger partial charge in [0.1, 0.15) is 31.6 Å². The summed E-state index contributed by atoms with van der Waals surface area (Å²) in [6.07, 6.45) is 2.29. The topological polar surface area (TPSA) is 47.0 Å². The molecule has 0 amide bonds. The molecule has 2 aromatic rings. The molecule has 0 bridgehead atoms. The predicted molar refractivity (Wildman–Crippen MR) is 78.9 cm³/mol. The summed E-state index contributed by atoms with van der Waals surface area (Å²) in [4.78, 5) is 1.42. The normalized spacial score (nSPS) is 19.2. The zero-order valence-corrected chi connectivity index (χ0v) is 12.1. The molecule has 1 aromatic carbocycles. The molecule has 0 radical (unpaired) electrons. The molecule has 4 nitrogen and oxygen atoms in total. The molecule has 2 N–H and O–H groups in total. The molecular formula is C17H22NO3+. The summed E-state index contributed by atoms with van der Waals surface area (Å²) in [5.41, 5.74) is 2.85. The second-order valence-electron chi connectivity index (χ2n) is 5.65. The van der Waals surface area contributed by atoms with Gasteiger partial charge >= 0.3 is 0 Å². The van der Waals surface area contributed by atoms with Crippen molar-refractivity contribution in [3.63, 3.8) is 0 Å². The molecule has 3 rings (SSSR count). The average molecular weight is 288 g/mol. The van der Waals surface area contributed by atoms with Crippen LogP contribution in [0, 0.1) is 0 Å². The van der Waals surface area contributed by atoms with Crippen LogP contribution in [0.1, 0.15) is 16.9 Å². The molecule has 0 saturated carbocycles. The van der Waals surface area contributed by atoms with E-state index in [-0.39, 0.29) is 0 Å². The van der Waals surface area contributed by atoms with E-state index >= 15 is 0 Å². The number of quaternary nitrogens is 1. The number of furan rings is 1. The van der Waals surface area contributed by atoms with Crippen LogP contribution in [0.3, 0.4) is 0 Å². The summed E-state index contributed by atoms with van der Waals surface area (Å²) < 4.78 is 10.7. The van der Waals surface area contributed by atoms with Gasteiger partial charge in [-0.25, -0.2) is 0 Å². The van der Waals surface area contributed by atoms with E-state index in [9.17, 15) is 5.11 Å². The minimum absolute atomic E-state index is 0.353. The SMILES string of the molecule is O[C@@H](COCc1ccco1)C[NH+]1CCc2ccccc2C1. The maximum Gasteiger partial charge on any atom is 0.129 e. The third kappa shape index (κ3) is 3.94. The molecule has 21 heavy (non-hydrogen) atoms. The molecule has 0 spiro atoms. The van der Waals surface area contributed by atoms with Crippen molar-refractivity contribution in [3.05, 3.63) is 59.5 Å². The molecule has 0 saturated heterocycles. The van der Waals surface area contributed by atoms with Crippen LogP contribution in [0.25, 0.3) is 0 Å². The van der Waals surface area contributed by atoms with Crippen LogP contribution in [-0.2, 0) is 24.3 Å². The second kappa shape index (κ2) is 6.89. The van der Waals surface area contributed by atoms with Gasteiger partial charge < -0.3 is 19.2 Å². The standard InChI is InChI=1S/C17H21NO3/c19-16(12-20-13-17-6-3-9-21-17)11-18-8-7-14-4-1-2-5-15(14)10-18/h1-6,9,16,19H,7-8,10-13H2/p+1/t16-/m1/s1. The van der Waals surface area contributed by atoms with E-state index in [1.54, 1.807) is 6.26 Å². The van der Waals surface area contributed by atoms with Gasteiger partial charge in [-0.3, -0.25) is 0 Å². The summed E-state index contributed by atoms with van der Waals surface area (Å²) >= 11 is 0. The van der Waals surface area contributed by atoms with E-state index in [4.69, 9.17) is 9.15 Å². The molecule has 1 aliphatic rings. The van der Waals surface area contributed by atoms with Crippen LogP contribution in [0.5, 0.6) is 0 Å². The minimum atomic E-state index is -0.430. The molecule has 2 heterocycles. The largest absolute Gasteiger partial charge is 0.467 e. The second-order valence-corrected chi connectivity index (χ2v) is 5.65. The summed E-state index contributed by atoms with van der Waals surface area (Å²) in [7, 11) is 0. The zero-order valence-electron chi connectivity index (χ0n) is 12.1. The van der Waals surface area contributed by atoms with Crippen molar-refractivity contribution < 1.29 is 19.2 Å². The quantitative estimate of drug-likeness (QED) is 0.826. The molecule has 112 valence electrons. The van der Waals surface area contributed by atoms with Gasteiger partial charge in [0.25, 0.3) is 0 Å². The molecule has 0 aliphatic carbocycles. The maximum atomic E-state index is 10.1. The Morgan fingerprint density at radius 1 is 1.19 bits per heavy atom. The fraction of sp³-hybridized carbons (Fsp3) is 0.412. The first-order valence-electron chi connectivity index (χ1n) is 7.50.